The molecule has 3 rings (SSSR count). The van der Waals surface area contributed by atoms with Crippen LogP contribution in [0.25, 0.3) is 0 Å². The van der Waals surface area contributed by atoms with E-state index in [-0.39, 0.29) is 0 Å². The van der Waals surface area contributed by atoms with Gasteiger partial charge in [-0.25, -0.2) is 0 Å². The van der Waals surface area contributed by atoms with E-state index in [1.54, 1.807) is 0 Å². The fourth-order valence-electron chi connectivity index (χ4n) is 3.19. The van der Waals surface area contributed by atoms with Gasteiger partial charge < -0.3 is 11.1 Å². The quantitative estimate of drug-likeness (QED) is 0.697. The van der Waals surface area contributed by atoms with Crippen molar-refractivity contribution in [1.29, 1.82) is 0 Å². The van der Waals surface area contributed by atoms with E-state index in [9.17, 15) is 0 Å². The second-order valence-corrected chi connectivity index (χ2v) is 5.62. The Morgan fingerprint density at radius 2 is 2.35 bits per heavy atom. The average molecular weight is 246 g/mol. The third kappa shape index (κ3) is 1.98. The van der Waals surface area contributed by atoms with Gasteiger partial charge in [0.15, 0.2) is 0 Å². The lowest BCUT2D eigenvalue weighted by molar-refractivity contribution is 0.360. The summed E-state index contributed by atoms with van der Waals surface area (Å²) >= 11 is 5.21. The van der Waals surface area contributed by atoms with Crippen molar-refractivity contribution in [2.24, 2.45) is 11.7 Å². The van der Waals surface area contributed by atoms with Crippen LogP contribution in [0.4, 0.5) is 0 Å². The summed E-state index contributed by atoms with van der Waals surface area (Å²) in [4.78, 5) is 0.673. The summed E-state index contributed by atoms with van der Waals surface area (Å²) in [6, 6.07) is 0.846. The summed E-state index contributed by atoms with van der Waals surface area (Å²) in [6.45, 7) is 0. The number of fused-ring (bicyclic) bond motifs is 2. The SMILES string of the molecule is NC(=S)C1CCCC2=CC3=CC=CCC3NC21. The molecule has 0 bridgehead atoms. The standard InChI is InChI=1S/C14H18N2S/c15-14(17)11-6-3-5-10-8-9-4-1-2-7-12(9)16-13(10)11/h1-2,4,8,11-13,16H,3,5-7H2,(H2,15,17). The van der Waals surface area contributed by atoms with Crippen molar-refractivity contribution in [2.45, 2.75) is 37.8 Å². The van der Waals surface area contributed by atoms with Crippen molar-refractivity contribution in [2.75, 3.05) is 0 Å². The first-order valence-electron chi connectivity index (χ1n) is 6.38. The van der Waals surface area contributed by atoms with Gasteiger partial charge in [0.1, 0.15) is 0 Å². The molecular formula is C14H18N2S. The smallest absolute Gasteiger partial charge is 0.0777 e. The van der Waals surface area contributed by atoms with Crippen LogP contribution in [-0.2, 0) is 0 Å². The number of thiocarbonyl (C=S) groups is 1. The molecule has 1 aliphatic heterocycles. The lowest BCUT2D eigenvalue weighted by Crippen LogP contribution is -2.52. The van der Waals surface area contributed by atoms with Gasteiger partial charge in [-0.1, -0.05) is 42.1 Å². The summed E-state index contributed by atoms with van der Waals surface area (Å²) in [7, 11) is 0. The van der Waals surface area contributed by atoms with Crippen molar-refractivity contribution in [3.05, 3.63) is 35.5 Å². The Bertz CT molecular complexity index is 434. The Balaban J connectivity index is 1.92. The Morgan fingerprint density at radius 3 is 3.18 bits per heavy atom. The molecule has 0 aromatic rings. The molecule has 90 valence electrons. The maximum absolute atomic E-state index is 5.88. The third-order valence-electron chi connectivity index (χ3n) is 4.08. The van der Waals surface area contributed by atoms with E-state index in [4.69, 9.17) is 18.0 Å². The van der Waals surface area contributed by atoms with Crippen LogP contribution < -0.4 is 11.1 Å². The average Bonchev–Trinajstić information content (AvgIpc) is 2.35. The molecule has 1 heterocycles. The number of hydrogen-bond donors (Lipinski definition) is 2. The minimum absolute atomic E-state index is 0.345. The van der Waals surface area contributed by atoms with Crippen LogP contribution in [0.1, 0.15) is 25.7 Å². The van der Waals surface area contributed by atoms with Crippen molar-refractivity contribution >= 4 is 17.2 Å². The summed E-state index contributed by atoms with van der Waals surface area (Å²) in [6.07, 6.45) is 13.6. The third-order valence-corrected chi connectivity index (χ3v) is 4.38. The Kier molecular flexibility index (Phi) is 2.89. The Hall–Kier alpha value is -0.930. The van der Waals surface area contributed by atoms with Gasteiger partial charge in [-0.15, -0.1) is 0 Å². The van der Waals surface area contributed by atoms with Gasteiger partial charge in [0.05, 0.1) is 4.99 Å². The largest absolute Gasteiger partial charge is 0.393 e. The highest BCUT2D eigenvalue weighted by molar-refractivity contribution is 7.80. The Labute approximate surface area is 108 Å². The normalized spacial score (nSPS) is 35.4. The molecule has 3 N–H and O–H groups in total. The van der Waals surface area contributed by atoms with Crippen LogP contribution >= 0.6 is 12.2 Å². The highest BCUT2D eigenvalue weighted by atomic mass is 32.1. The van der Waals surface area contributed by atoms with Gasteiger partial charge in [-0.2, -0.15) is 0 Å². The number of hydrogen-bond acceptors (Lipinski definition) is 2. The van der Waals surface area contributed by atoms with Crippen molar-refractivity contribution in [3.8, 4) is 0 Å². The fraction of sp³-hybridized carbons (Fsp3) is 0.500. The fourth-order valence-corrected chi connectivity index (χ4v) is 3.44. The highest BCUT2D eigenvalue weighted by Gasteiger charge is 2.35. The molecular weight excluding hydrogens is 228 g/mol. The van der Waals surface area contributed by atoms with Crippen LogP contribution in [-0.4, -0.2) is 17.1 Å². The maximum Gasteiger partial charge on any atom is 0.0777 e. The van der Waals surface area contributed by atoms with E-state index in [2.05, 4.69) is 29.6 Å². The van der Waals surface area contributed by atoms with Crippen LogP contribution in [0.2, 0.25) is 0 Å². The van der Waals surface area contributed by atoms with E-state index < -0.39 is 0 Å². The monoisotopic (exact) mass is 246 g/mol. The van der Waals surface area contributed by atoms with Gasteiger partial charge in [0.25, 0.3) is 0 Å². The lowest BCUT2D eigenvalue weighted by Gasteiger charge is -2.41. The molecule has 0 spiro atoms. The van der Waals surface area contributed by atoms with Crippen LogP contribution in [0.3, 0.4) is 0 Å². The molecule has 3 atom stereocenters. The second-order valence-electron chi connectivity index (χ2n) is 5.15. The van der Waals surface area contributed by atoms with E-state index in [1.165, 1.54) is 24.0 Å². The topological polar surface area (TPSA) is 38.0 Å². The summed E-state index contributed by atoms with van der Waals surface area (Å²) in [5, 5.41) is 3.73. The van der Waals surface area contributed by atoms with E-state index >= 15 is 0 Å². The molecule has 0 aromatic carbocycles. The molecule has 1 saturated carbocycles. The number of allylic oxidation sites excluding steroid dienone is 2. The molecule has 17 heavy (non-hydrogen) atoms. The molecule has 2 aliphatic carbocycles. The van der Waals surface area contributed by atoms with E-state index in [0.29, 0.717) is 23.0 Å². The van der Waals surface area contributed by atoms with Crippen molar-refractivity contribution < 1.29 is 0 Å². The van der Waals surface area contributed by atoms with Crippen molar-refractivity contribution in [3.63, 3.8) is 0 Å². The zero-order valence-electron chi connectivity index (χ0n) is 9.86. The van der Waals surface area contributed by atoms with Gasteiger partial charge in [0, 0.05) is 18.0 Å². The predicted octanol–water partition coefficient (Wildman–Crippen LogP) is 2.23. The van der Waals surface area contributed by atoms with E-state index in [1.807, 2.05) is 0 Å². The maximum atomic E-state index is 5.88. The first-order chi connectivity index (χ1) is 8.25. The predicted molar refractivity (Wildman–Crippen MR) is 74.8 cm³/mol. The van der Waals surface area contributed by atoms with Crippen LogP contribution in [0.15, 0.2) is 35.5 Å². The minimum Gasteiger partial charge on any atom is -0.393 e. The van der Waals surface area contributed by atoms with Crippen LogP contribution in [0, 0.1) is 5.92 Å². The molecule has 0 radical (unpaired) electrons. The molecule has 0 aromatic heterocycles. The highest BCUT2D eigenvalue weighted by Crippen LogP contribution is 2.35. The lowest BCUT2D eigenvalue weighted by atomic mass is 9.76. The van der Waals surface area contributed by atoms with E-state index in [0.717, 1.165) is 12.8 Å². The Morgan fingerprint density at radius 1 is 1.47 bits per heavy atom. The van der Waals surface area contributed by atoms with Gasteiger partial charge in [-0.3, -0.25) is 0 Å². The van der Waals surface area contributed by atoms with Crippen molar-refractivity contribution in [1.82, 2.24) is 5.32 Å². The summed E-state index contributed by atoms with van der Waals surface area (Å²) in [5.74, 6) is 0.345. The molecule has 3 heteroatoms. The molecule has 0 amide bonds. The molecule has 3 unspecified atom stereocenters. The second kappa shape index (κ2) is 4.39. The van der Waals surface area contributed by atoms with Crippen LogP contribution in [0.5, 0.6) is 0 Å². The minimum atomic E-state index is 0.345. The number of nitrogens with two attached hydrogens (primary N) is 1. The first kappa shape index (κ1) is 11.2. The summed E-state index contributed by atoms with van der Waals surface area (Å²) < 4.78 is 0. The first-order valence-corrected chi connectivity index (χ1v) is 6.79. The zero-order chi connectivity index (χ0) is 11.8. The van der Waals surface area contributed by atoms with Gasteiger partial charge in [-0.05, 0) is 31.3 Å². The molecule has 3 aliphatic rings. The molecule has 1 fully saturated rings. The zero-order valence-corrected chi connectivity index (χ0v) is 10.7. The van der Waals surface area contributed by atoms with Gasteiger partial charge in [0.2, 0.25) is 0 Å². The molecule has 2 nitrogen and oxygen atoms in total. The van der Waals surface area contributed by atoms with Gasteiger partial charge >= 0.3 is 0 Å². The number of rotatable bonds is 1. The number of nitrogens with one attached hydrogen (secondary N) is 1. The molecule has 0 saturated heterocycles. The summed E-state index contributed by atoms with van der Waals surface area (Å²) in [5.41, 5.74) is 8.79.